The first-order valence-electron chi connectivity index (χ1n) is 16.1. The van der Waals surface area contributed by atoms with Crippen LogP contribution in [0.15, 0.2) is 158 Å². The van der Waals surface area contributed by atoms with Crippen LogP contribution in [-0.4, -0.2) is 9.13 Å². The monoisotopic (exact) mass is 598 g/mol. The molecule has 0 spiro atoms. The van der Waals surface area contributed by atoms with Crippen molar-refractivity contribution in [3.63, 3.8) is 0 Å². The molecule has 1 aliphatic rings. The average molecular weight is 599 g/mol. The number of rotatable bonds is 2. The Morgan fingerprint density at radius 3 is 1.87 bits per heavy atom. The van der Waals surface area contributed by atoms with Gasteiger partial charge >= 0.3 is 0 Å². The van der Waals surface area contributed by atoms with Gasteiger partial charge in [0.25, 0.3) is 0 Å². The van der Waals surface area contributed by atoms with E-state index < -0.39 is 0 Å². The number of ether oxygens (including phenoxy) is 1. The van der Waals surface area contributed by atoms with Crippen molar-refractivity contribution in [1.82, 2.24) is 9.13 Å². The van der Waals surface area contributed by atoms with Crippen LogP contribution in [0.25, 0.3) is 87.7 Å². The Morgan fingerprint density at radius 2 is 1.04 bits per heavy atom. The fourth-order valence-electron chi connectivity index (χ4n) is 8.07. The summed E-state index contributed by atoms with van der Waals surface area (Å²) >= 11 is 0. The van der Waals surface area contributed by atoms with Gasteiger partial charge in [-0.05, 0) is 87.3 Å². The second-order valence-electron chi connectivity index (χ2n) is 12.5. The van der Waals surface area contributed by atoms with Crippen LogP contribution in [0.5, 0.6) is 11.5 Å². The number of nitrogens with zero attached hydrogens (tertiary/aromatic N) is 2. The molecular weight excluding hydrogens is 572 g/mol. The Bertz CT molecular complexity index is 2890. The van der Waals surface area contributed by atoms with Gasteiger partial charge in [-0.15, -0.1) is 0 Å². The van der Waals surface area contributed by atoms with Gasteiger partial charge in [-0.3, -0.25) is 0 Å². The largest absolute Gasteiger partial charge is 0.453 e. The van der Waals surface area contributed by atoms with E-state index in [2.05, 4.69) is 155 Å². The molecule has 0 radical (unpaired) electrons. The molecule has 0 amide bonds. The molecule has 0 unspecified atom stereocenters. The Labute approximate surface area is 270 Å². The number of para-hydroxylation sites is 5. The zero-order chi connectivity index (χ0) is 30.6. The number of hydrogen-bond donors (Lipinski definition) is 0. The van der Waals surface area contributed by atoms with Gasteiger partial charge in [0.15, 0.2) is 11.5 Å². The first kappa shape index (κ1) is 24.9. The van der Waals surface area contributed by atoms with Gasteiger partial charge in [0, 0.05) is 27.2 Å². The third-order valence-electron chi connectivity index (χ3n) is 10.1. The third kappa shape index (κ3) is 3.35. The first-order chi connectivity index (χ1) is 23.3. The van der Waals surface area contributed by atoms with Gasteiger partial charge in [0.1, 0.15) is 0 Å². The molecule has 0 saturated heterocycles. The normalized spacial score (nSPS) is 12.4. The number of benzene rings is 8. The molecule has 0 aliphatic carbocycles. The molecule has 0 bridgehead atoms. The molecule has 3 heterocycles. The Hall–Kier alpha value is -6.32. The highest BCUT2D eigenvalue weighted by molar-refractivity contribution is 6.18. The second-order valence-corrected chi connectivity index (χ2v) is 12.5. The lowest BCUT2D eigenvalue weighted by Gasteiger charge is -2.20. The molecule has 11 rings (SSSR count). The maximum Gasteiger partial charge on any atom is 0.152 e. The highest BCUT2D eigenvalue weighted by atomic mass is 16.5. The lowest BCUT2D eigenvalue weighted by Crippen LogP contribution is -2.03. The van der Waals surface area contributed by atoms with E-state index in [0.717, 1.165) is 22.7 Å². The Kier molecular flexibility index (Phi) is 4.84. The predicted octanol–water partition coefficient (Wildman–Crippen LogP) is 12.0. The van der Waals surface area contributed by atoms with Crippen LogP contribution in [0.1, 0.15) is 0 Å². The summed E-state index contributed by atoms with van der Waals surface area (Å²) in [5, 5.41) is 10.0. The summed E-state index contributed by atoms with van der Waals surface area (Å²) in [4.78, 5) is 0. The molecule has 47 heavy (non-hydrogen) atoms. The minimum absolute atomic E-state index is 0.884. The molecule has 10 aromatic rings. The third-order valence-corrected chi connectivity index (χ3v) is 10.1. The van der Waals surface area contributed by atoms with Gasteiger partial charge in [-0.2, -0.15) is 0 Å². The van der Waals surface area contributed by atoms with Crippen LogP contribution >= 0.6 is 0 Å². The molecule has 0 N–H and O–H groups in total. The number of hydrogen-bond acceptors (Lipinski definition) is 1. The first-order valence-corrected chi connectivity index (χ1v) is 16.1. The molecule has 218 valence electrons. The van der Waals surface area contributed by atoms with Gasteiger partial charge in [0.05, 0.1) is 27.8 Å². The smallest absolute Gasteiger partial charge is 0.152 e. The van der Waals surface area contributed by atoms with E-state index in [1.165, 1.54) is 76.5 Å². The van der Waals surface area contributed by atoms with Crippen molar-refractivity contribution < 1.29 is 4.74 Å². The van der Waals surface area contributed by atoms with Crippen molar-refractivity contribution in [3.05, 3.63) is 158 Å². The minimum atomic E-state index is 0.884. The summed E-state index contributed by atoms with van der Waals surface area (Å²) in [7, 11) is 0. The quantitative estimate of drug-likeness (QED) is 0.181. The van der Waals surface area contributed by atoms with E-state index >= 15 is 0 Å². The van der Waals surface area contributed by atoms with E-state index in [9.17, 15) is 0 Å². The fourth-order valence-corrected chi connectivity index (χ4v) is 8.07. The van der Waals surface area contributed by atoms with Crippen molar-refractivity contribution in [2.24, 2.45) is 0 Å². The highest BCUT2D eigenvalue weighted by Gasteiger charge is 2.24. The molecular formula is C44H26N2O. The molecule has 0 saturated carbocycles. The van der Waals surface area contributed by atoms with Crippen LogP contribution in [-0.2, 0) is 0 Å². The van der Waals surface area contributed by atoms with Gasteiger partial charge < -0.3 is 13.9 Å². The topological polar surface area (TPSA) is 19.1 Å². The van der Waals surface area contributed by atoms with Crippen LogP contribution in [0, 0.1) is 0 Å². The summed E-state index contributed by atoms with van der Waals surface area (Å²) < 4.78 is 11.1. The fraction of sp³-hybridized carbons (Fsp3) is 0. The Balaban J connectivity index is 1.09. The lowest BCUT2D eigenvalue weighted by molar-refractivity contribution is 0.476. The second kappa shape index (κ2) is 9.12. The highest BCUT2D eigenvalue weighted by Crippen LogP contribution is 2.47. The number of fused-ring (bicyclic) bond motifs is 11. The van der Waals surface area contributed by atoms with Gasteiger partial charge in [-0.1, -0.05) is 103 Å². The maximum atomic E-state index is 6.37. The van der Waals surface area contributed by atoms with Gasteiger partial charge in [0.2, 0.25) is 0 Å². The molecule has 1 aliphatic heterocycles. The van der Waals surface area contributed by atoms with Gasteiger partial charge in [-0.25, -0.2) is 0 Å². The summed E-state index contributed by atoms with van der Waals surface area (Å²) in [6.07, 6.45) is 0. The average Bonchev–Trinajstić information content (AvgIpc) is 3.66. The summed E-state index contributed by atoms with van der Waals surface area (Å²) in [5.41, 5.74) is 9.47. The van der Waals surface area contributed by atoms with Crippen molar-refractivity contribution in [1.29, 1.82) is 0 Å². The standard InChI is InChI=1S/C44H26N2O/c1-3-13-37-34(9-1)35-10-2-4-14-38(35)45(37)30-22-24-32-29(26-30)20-19-27-25-28(21-23-31(27)32)33-11-7-16-40-43(33)36-12-8-18-42-44(36)46(40)39-15-5-6-17-41(39)47-42/h1-26H. The van der Waals surface area contributed by atoms with Crippen molar-refractivity contribution in [2.45, 2.75) is 0 Å². The molecule has 0 atom stereocenters. The summed E-state index contributed by atoms with van der Waals surface area (Å²) in [6.45, 7) is 0. The molecule has 3 nitrogen and oxygen atoms in total. The lowest BCUT2D eigenvalue weighted by atomic mass is 9.95. The van der Waals surface area contributed by atoms with Crippen molar-refractivity contribution in [2.75, 3.05) is 0 Å². The molecule has 3 heteroatoms. The molecule has 2 aromatic heterocycles. The zero-order valence-corrected chi connectivity index (χ0v) is 25.3. The van der Waals surface area contributed by atoms with E-state index in [0.29, 0.717) is 0 Å². The van der Waals surface area contributed by atoms with Crippen molar-refractivity contribution in [3.8, 4) is 34.0 Å². The SMILES string of the molecule is c1ccc2c(c1)Oc1cccc3c4c(-c5ccc6c(ccc7cc(-n8c9ccccc9c9ccccc98)ccc76)c5)cccc4n-2c13. The maximum absolute atomic E-state index is 6.37. The predicted molar refractivity (Wildman–Crippen MR) is 196 cm³/mol. The van der Waals surface area contributed by atoms with E-state index in [1.807, 2.05) is 12.1 Å². The van der Waals surface area contributed by atoms with E-state index in [-0.39, 0.29) is 0 Å². The molecule has 8 aromatic carbocycles. The minimum Gasteiger partial charge on any atom is -0.453 e. The Morgan fingerprint density at radius 1 is 0.404 bits per heavy atom. The van der Waals surface area contributed by atoms with Crippen LogP contribution in [0.2, 0.25) is 0 Å². The molecule has 0 fully saturated rings. The summed E-state index contributed by atoms with van der Waals surface area (Å²) in [6, 6.07) is 57.1. The van der Waals surface area contributed by atoms with Crippen molar-refractivity contribution >= 4 is 65.2 Å². The van der Waals surface area contributed by atoms with Crippen LogP contribution in [0.4, 0.5) is 0 Å². The number of aromatic nitrogens is 2. The van der Waals surface area contributed by atoms with Crippen LogP contribution < -0.4 is 4.74 Å². The zero-order valence-electron chi connectivity index (χ0n) is 25.3. The van der Waals surface area contributed by atoms with Crippen LogP contribution in [0.3, 0.4) is 0 Å². The van der Waals surface area contributed by atoms with E-state index in [4.69, 9.17) is 4.74 Å². The van der Waals surface area contributed by atoms with E-state index in [1.54, 1.807) is 0 Å². The summed E-state index contributed by atoms with van der Waals surface area (Å²) in [5.74, 6) is 1.78.